The minimum Gasteiger partial charge on any atom is -0.465 e. The van der Waals surface area contributed by atoms with Crippen molar-refractivity contribution in [2.75, 3.05) is 7.11 Å². The number of rotatable bonds is 6. The summed E-state index contributed by atoms with van der Waals surface area (Å²) in [5.41, 5.74) is 2.28. The highest BCUT2D eigenvalue weighted by molar-refractivity contribution is 7.89. The number of nitrogens with one attached hydrogen (secondary N) is 1. The smallest absolute Gasteiger partial charge is 0.339 e. The van der Waals surface area contributed by atoms with Crippen LogP contribution in [0.1, 0.15) is 39.4 Å². The Bertz CT molecular complexity index is 867. The van der Waals surface area contributed by atoms with E-state index in [2.05, 4.69) is 14.4 Å². The summed E-state index contributed by atoms with van der Waals surface area (Å²) in [4.78, 5) is 15.4. The summed E-state index contributed by atoms with van der Waals surface area (Å²) in [6.07, 6.45) is 1.35. The van der Waals surface area contributed by atoms with Gasteiger partial charge in [-0.3, -0.25) is 4.98 Å². The van der Waals surface area contributed by atoms with Gasteiger partial charge in [-0.2, -0.15) is 0 Å². The van der Waals surface area contributed by atoms with Crippen molar-refractivity contribution >= 4 is 27.6 Å². The summed E-state index contributed by atoms with van der Waals surface area (Å²) in [6.45, 7) is 3.46. The highest BCUT2D eigenvalue weighted by atomic mass is 35.5. The maximum Gasteiger partial charge on any atom is 0.339 e. The minimum absolute atomic E-state index is 0.0285. The summed E-state index contributed by atoms with van der Waals surface area (Å²) in [5, 5.41) is -0.144. The van der Waals surface area contributed by atoms with Gasteiger partial charge in [0.1, 0.15) is 0 Å². The quantitative estimate of drug-likeness (QED) is 0.776. The molecule has 0 aliphatic carbocycles. The van der Waals surface area contributed by atoms with Gasteiger partial charge in [-0.05, 0) is 43.2 Å². The van der Waals surface area contributed by atoms with Crippen molar-refractivity contribution < 1.29 is 17.9 Å². The van der Waals surface area contributed by atoms with E-state index in [1.807, 2.05) is 6.92 Å². The van der Waals surface area contributed by atoms with Gasteiger partial charge in [0.05, 0.1) is 30.2 Å². The number of ether oxygens (including phenoxy) is 1. The molecule has 0 saturated heterocycles. The first kappa shape index (κ1) is 19.4. The van der Waals surface area contributed by atoms with Crippen molar-refractivity contribution in [3.8, 4) is 0 Å². The van der Waals surface area contributed by atoms with Crippen LogP contribution in [-0.2, 0) is 21.3 Å². The number of carbonyl (C=O) groups excluding carboxylic acids is 1. The molecule has 1 atom stereocenters. The Morgan fingerprint density at radius 1 is 1.32 bits per heavy atom. The highest BCUT2D eigenvalue weighted by Crippen LogP contribution is 2.25. The number of hydrogen-bond donors (Lipinski definition) is 1. The first-order chi connectivity index (χ1) is 11.7. The van der Waals surface area contributed by atoms with Crippen LogP contribution in [0.5, 0.6) is 0 Å². The molecule has 1 aromatic heterocycles. The number of aryl methyl sites for hydroxylation is 1. The van der Waals surface area contributed by atoms with E-state index in [0.29, 0.717) is 21.8 Å². The van der Waals surface area contributed by atoms with Gasteiger partial charge in [-0.1, -0.05) is 23.7 Å². The first-order valence-corrected chi connectivity index (χ1v) is 9.45. The molecular weight excluding hydrogens is 364 g/mol. The third kappa shape index (κ3) is 4.78. The van der Waals surface area contributed by atoms with E-state index in [1.54, 1.807) is 31.2 Å². The van der Waals surface area contributed by atoms with Gasteiger partial charge in [-0.15, -0.1) is 0 Å². The minimum atomic E-state index is -3.60. The van der Waals surface area contributed by atoms with Crippen LogP contribution >= 0.6 is 11.6 Å². The molecular formula is C17H19ClN2O4S. The number of methoxy groups -OCH3 is 1. The number of sulfonamides is 1. The molecule has 0 radical (unpaired) electrons. The molecule has 134 valence electrons. The van der Waals surface area contributed by atoms with Crippen LogP contribution in [0.15, 0.2) is 36.5 Å². The van der Waals surface area contributed by atoms with E-state index in [4.69, 9.17) is 11.6 Å². The summed E-state index contributed by atoms with van der Waals surface area (Å²) in [7, 11) is -2.31. The standard InChI is InChI=1S/C17H19ClN2O4S/c1-11-8-13(5-7-16(11)18)12(2)25(22,23)20-10-15-6-4-14(9-19-15)17(21)24-3/h4-9,12,20H,10H2,1-3H3. The van der Waals surface area contributed by atoms with Crippen molar-refractivity contribution in [2.45, 2.75) is 25.6 Å². The molecule has 1 unspecified atom stereocenters. The zero-order chi connectivity index (χ0) is 18.6. The Kier molecular flexibility index (Phi) is 6.16. The first-order valence-electron chi connectivity index (χ1n) is 7.52. The molecule has 1 N–H and O–H groups in total. The fourth-order valence-electron chi connectivity index (χ4n) is 2.17. The third-order valence-corrected chi connectivity index (χ3v) is 5.99. The molecule has 0 amide bonds. The molecule has 1 aromatic carbocycles. The zero-order valence-corrected chi connectivity index (χ0v) is 15.7. The van der Waals surface area contributed by atoms with Crippen LogP contribution in [0.2, 0.25) is 5.02 Å². The molecule has 1 heterocycles. The Morgan fingerprint density at radius 3 is 2.60 bits per heavy atom. The summed E-state index contributed by atoms with van der Waals surface area (Å²) in [6, 6.07) is 8.25. The van der Waals surface area contributed by atoms with Gasteiger partial charge < -0.3 is 4.74 Å². The largest absolute Gasteiger partial charge is 0.465 e. The Morgan fingerprint density at radius 2 is 2.04 bits per heavy atom. The van der Waals surface area contributed by atoms with Gasteiger partial charge in [0, 0.05) is 11.2 Å². The summed E-state index contributed by atoms with van der Waals surface area (Å²) >= 11 is 5.98. The van der Waals surface area contributed by atoms with Crippen LogP contribution in [0.4, 0.5) is 0 Å². The Hall–Kier alpha value is -1.96. The second kappa shape index (κ2) is 7.95. The Balaban J connectivity index is 2.07. The topological polar surface area (TPSA) is 85.4 Å². The molecule has 25 heavy (non-hydrogen) atoms. The lowest BCUT2D eigenvalue weighted by molar-refractivity contribution is 0.0600. The number of carbonyl (C=O) groups is 1. The van der Waals surface area contributed by atoms with E-state index >= 15 is 0 Å². The number of esters is 1. The molecule has 0 aliphatic rings. The van der Waals surface area contributed by atoms with Crippen molar-refractivity contribution in [3.63, 3.8) is 0 Å². The van der Waals surface area contributed by atoms with Gasteiger partial charge in [0.25, 0.3) is 0 Å². The lowest BCUT2D eigenvalue weighted by Crippen LogP contribution is -2.28. The van der Waals surface area contributed by atoms with Crippen molar-refractivity contribution in [1.82, 2.24) is 9.71 Å². The van der Waals surface area contributed by atoms with Crippen LogP contribution in [0.3, 0.4) is 0 Å². The second-order valence-corrected chi connectivity index (χ2v) is 8.04. The van der Waals surface area contributed by atoms with Crippen molar-refractivity contribution in [2.24, 2.45) is 0 Å². The molecule has 0 aliphatic heterocycles. The number of benzene rings is 1. The lowest BCUT2D eigenvalue weighted by atomic mass is 10.1. The summed E-state index contributed by atoms with van der Waals surface area (Å²) < 4.78 is 32.1. The average molecular weight is 383 g/mol. The molecule has 8 heteroatoms. The number of nitrogens with zero attached hydrogens (tertiary/aromatic N) is 1. The van der Waals surface area contributed by atoms with E-state index < -0.39 is 21.2 Å². The monoisotopic (exact) mass is 382 g/mol. The molecule has 0 saturated carbocycles. The second-order valence-electron chi connectivity index (χ2n) is 5.55. The van der Waals surface area contributed by atoms with E-state index in [9.17, 15) is 13.2 Å². The van der Waals surface area contributed by atoms with E-state index in [-0.39, 0.29) is 6.54 Å². The fraction of sp³-hybridized carbons (Fsp3) is 0.294. The van der Waals surface area contributed by atoms with Crippen LogP contribution < -0.4 is 4.72 Å². The number of aromatic nitrogens is 1. The molecule has 2 aromatic rings. The number of pyridine rings is 1. The third-order valence-electron chi connectivity index (χ3n) is 3.82. The van der Waals surface area contributed by atoms with Crippen LogP contribution in [0.25, 0.3) is 0 Å². The molecule has 2 rings (SSSR count). The van der Waals surface area contributed by atoms with Crippen molar-refractivity contribution in [3.05, 3.63) is 63.9 Å². The maximum atomic E-state index is 12.5. The average Bonchev–Trinajstić information content (AvgIpc) is 2.61. The van der Waals surface area contributed by atoms with Gasteiger partial charge in [-0.25, -0.2) is 17.9 Å². The molecule has 0 bridgehead atoms. The predicted molar refractivity (Wildman–Crippen MR) is 95.9 cm³/mol. The normalized spacial score (nSPS) is 12.6. The lowest BCUT2D eigenvalue weighted by Gasteiger charge is -2.15. The maximum absolute atomic E-state index is 12.5. The summed E-state index contributed by atoms with van der Waals surface area (Å²) in [5.74, 6) is -0.494. The fourth-order valence-corrected chi connectivity index (χ4v) is 3.39. The Labute approximate surface area is 152 Å². The van der Waals surface area contributed by atoms with Gasteiger partial charge in [0.15, 0.2) is 0 Å². The zero-order valence-electron chi connectivity index (χ0n) is 14.1. The van der Waals surface area contributed by atoms with Crippen LogP contribution in [0, 0.1) is 6.92 Å². The van der Waals surface area contributed by atoms with E-state index in [1.165, 1.54) is 19.4 Å². The van der Waals surface area contributed by atoms with Gasteiger partial charge >= 0.3 is 5.97 Å². The number of hydrogen-bond acceptors (Lipinski definition) is 5. The SMILES string of the molecule is COC(=O)c1ccc(CNS(=O)(=O)C(C)c2ccc(Cl)c(C)c2)nc1. The molecule has 0 fully saturated rings. The van der Waals surface area contributed by atoms with Crippen molar-refractivity contribution in [1.29, 1.82) is 0 Å². The molecule has 0 spiro atoms. The predicted octanol–water partition coefficient (Wildman–Crippen LogP) is 3.01. The number of halogens is 1. The van der Waals surface area contributed by atoms with E-state index in [0.717, 1.165) is 5.56 Å². The molecule has 6 nitrogen and oxygen atoms in total. The highest BCUT2D eigenvalue weighted by Gasteiger charge is 2.22. The van der Waals surface area contributed by atoms with Gasteiger partial charge in [0.2, 0.25) is 10.0 Å². The van der Waals surface area contributed by atoms with Crippen LogP contribution in [-0.4, -0.2) is 26.5 Å².